The number of anilines is 1. The Morgan fingerprint density at radius 3 is 2.63 bits per heavy atom. The Bertz CT molecular complexity index is 700. The van der Waals surface area contributed by atoms with Crippen molar-refractivity contribution in [2.75, 3.05) is 4.72 Å². The van der Waals surface area contributed by atoms with Crippen LogP contribution in [-0.4, -0.2) is 8.42 Å². The van der Waals surface area contributed by atoms with E-state index in [2.05, 4.69) is 27.3 Å². The zero-order chi connectivity index (χ0) is 14.0. The summed E-state index contributed by atoms with van der Waals surface area (Å²) in [6, 6.07) is 7.87. The first-order valence-electron chi connectivity index (χ1n) is 5.19. The van der Waals surface area contributed by atoms with Crippen LogP contribution in [0.2, 0.25) is 5.02 Å². The molecular formula is C11H10ClIN2O3S. The Kier molecular flexibility index (Phi) is 4.39. The third kappa shape index (κ3) is 3.41. The normalized spacial score (nSPS) is 11.5. The van der Waals surface area contributed by atoms with Gasteiger partial charge in [0.05, 0.1) is 17.3 Å². The summed E-state index contributed by atoms with van der Waals surface area (Å²) in [6.45, 7) is 0.139. The maximum atomic E-state index is 12.1. The summed E-state index contributed by atoms with van der Waals surface area (Å²) in [6.07, 6.45) is 0. The molecule has 0 radical (unpaired) electrons. The predicted molar refractivity (Wildman–Crippen MR) is 81.6 cm³/mol. The quantitative estimate of drug-likeness (QED) is 0.756. The van der Waals surface area contributed by atoms with Crippen molar-refractivity contribution in [1.29, 1.82) is 0 Å². The lowest BCUT2D eigenvalue weighted by Crippen LogP contribution is -2.12. The molecule has 1 heterocycles. The lowest BCUT2D eigenvalue weighted by Gasteiger charge is -2.07. The number of rotatable bonds is 4. The van der Waals surface area contributed by atoms with Crippen LogP contribution < -0.4 is 10.5 Å². The lowest BCUT2D eigenvalue weighted by molar-refractivity contribution is 0.417. The molecule has 19 heavy (non-hydrogen) atoms. The second-order valence-electron chi connectivity index (χ2n) is 3.65. The van der Waals surface area contributed by atoms with Crippen LogP contribution in [0.15, 0.2) is 39.8 Å². The SMILES string of the molecule is NCc1ccc(S(=O)(=O)Nc2ccc(I)cc2Cl)o1. The average Bonchev–Trinajstić information content (AvgIpc) is 2.82. The second-order valence-corrected chi connectivity index (χ2v) is 6.92. The van der Waals surface area contributed by atoms with E-state index < -0.39 is 10.0 Å². The summed E-state index contributed by atoms with van der Waals surface area (Å²) in [5, 5.41) is 0.128. The molecular weight excluding hydrogens is 403 g/mol. The minimum absolute atomic E-state index is 0.139. The van der Waals surface area contributed by atoms with Crippen molar-refractivity contribution < 1.29 is 12.8 Å². The van der Waals surface area contributed by atoms with Crippen LogP contribution in [0, 0.1) is 3.57 Å². The Labute approximate surface area is 129 Å². The van der Waals surface area contributed by atoms with Crippen molar-refractivity contribution >= 4 is 49.9 Å². The summed E-state index contributed by atoms with van der Waals surface area (Å²) in [5.41, 5.74) is 5.67. The minimum Gasteiger partial charge on any atom is -0.446 e. The molecule has 1 aromatic carbocycles. The third-order valence-corrected chi connectivity index (χ3v) is 4.50. The molecule has 0 aliphatic heterocycles. The lowest BCUT2D eigenvalue weighted by atomic mass is 10.3. The monoisotopic (exact) mass is 412 g/mol. The molecule has 5 nitrogen and oxygen atoms in total. The van der Waals surface area contributed by atoms with Gasteiger partial charge in [-0.15, -0.1) is 0 Å². The van der Waals surface area contributed by atoms with Crippen molar-refractivity contribution in [1.82, 2.24) is 0 Å². The number of sulfonamides is 1. The van der Waals surface area contributed by atoms with Gasteiger partial charge in [0, 0.05) is 3.57 Å². The van der Waals surface area contributed by atoms with Crippen molar-refractivity contribution in [2.24, 2.45) is 5.73 Å². The van der Waals surface area contributed by atoms with Crippen LogP contribution in [0.1, 0.15) is 5.76 Å². The molecule has 0 spiro atoms. The third-order valence-electron chi connectivity index (χ3n) is 2.28. The molecule has 2 aromatic rings. The van der Waals surface area contributed by atoms with E-state index >= 15 is 0 Å². The smallest absolute Gasteiger partial charge is 0.295 e. The Hall–Kier alpha value is -0.770. The van der Waals surface area contributed by atoms with Crippen LogP contribution in [0.4, 0.5) is 5.69 Å². The fraction of sp³-hybridized carbons (Fsp3) is 0.0909. The highest BCUT2D eigenvalue weighted by Crippen LogP contribution is 2.26. The molecule has 0 saturated heterocycles. The maximum Gasteiger partial charge on any atom is 0.295 e. The summed E-state index contributed by atoms with van der Waals surface area (Å²) in [7, 11) is -3.80. The fourth-order valence-corrected chi connectivity index (χ4v) is 3.37. The molecule has 0 atom stereocenters. The van der Waals surface area contributed by atoms with Gasteiger partial charge in [-0.1, -0.05) is 11.6 Å². The molecule has 2 rings (SSSR count). The van der Waals surface area contributed by atoms with Crippen LogP contribution in [0.3, 0.4) is 0 Å². The number of halogens is 2. The van der Waals surface area contributed by atoms with E-state index in [1.54, 1.807) is 18.2 Å². The molecule has 0 unspecified atom stereocenters. The van der Waals surface area contributed by atoms with Crippen molar-refractivity contribution in [3.05, 3.63) is 44.7 Å². The predicted octanol–water partition coefficient (Wildman–Crippen LogP) is 2.80. The van der Waals surface area contributed by atoms with Crippen molar-refractivity contribution in [3.8, 4) is 0 Å². The molecule has 0 aliphatic carbocycles. The largest absolute Gasteiger partial charge is 0.446 e. The van der Waals surface area contributed by atoms with Gasteiger partial charge in [-0.3, -0.25) is 4.72 Å². The van der Waals surface area contributed by atoms with Gasteiger partial charge in [-0.25, -0.2) is 0 Å². The molecule has 8 heteroatoms. The molecule has 102 valence electrons. The summed E-state index contributed by atoms with van der Waals surface area (Å²) in [4.78, 5) is 0. The van der Waals surface area contributed by atoms with E-state index in [4.69, 9.17) is 21.8 Å². The zero-order valence-electron chi connectivity index (χ0n) is 9.56. The molecule has 0 aliphatic rings. The molecule has 0 bridgehead atoms. The number of hydrogen-bond acceptors (Lipinski definition) is 4. The van der Waals surface area contributed by atoms with Crippen LogP contribution in [0.5, 0.6) is 0 Å². The molecule has 0 fully saturated rings. The average molecular weight is 413 g/mol. The van der Waals surface area contributed by atoms with Gasteiger partial charge in [0.15, 0.2) is 0 Å². The van der Waals surface area contributed by atoms with E-state index in [9.17, 15) is 8.42 Å². The number of hydrogen-bond donors (Lipinski definition) is 2. The van der Waals surface area contributed by atoms with Crippen LogP contribution >= 0.6 is 34.2 Å². The number of nitrogens with one attached hydrogen (secondary N) is 1. The fourth-order valence-electron chi connectivity index (χ4n) is 1.38. The summed E-state index contributed by atoms with van der Waals surface area (Å²) < 4.78 is 32.5. The van der Waals surface area contributed by atoms with Gasteiger partial charge in [0.2, 0.25) is 5.09 Å². The highest BCUT2D eigenvalue weighted by molar-refractivity contribution is 14.1. The standard InChI is InChI=1S/C11H10ClIN2O3S/c12-9-5-7(13)1-3-10(9)15-19(16,17)11-4-2-8(6-14)18-11/h1-5,15H,6,14H2. The first-order valence-corrected chi connectivity index (χ1v) is 8.13. The first-order chi connectivity index (χ1) is 8.92. The van der Waals surface area contributed by atoms with E-state index in [1.807, 2.05) is 0 Å². The number of furan rings is 1. The Morgan fingerprint density at radius 1 is 1.32 bits per heavy atom. The van der Waals surface area contributed by atoms with E-state index in [1.165, 1.54) is 12.1 Å². The first kappa shape index (κ1) is 14.6. The zero-order valence-corrected chi connectivity index (χ0v) is 13.3. The van der Waals surface area contributed by atoms with Gasteiger partial charge in [-0.05, 0) is 52.9 Å². The number of nitrogens with two attached hydrogens (primary N) is 1. The van der Waals surface area contributed by atoms with E-state index in [0.717, 1.165) is 3.57 Å². The van der Waals surface area contributed by atoms with Gasteiger partial charge in [0.1, 0.15) is 5.76 Å². The molecule has 0 amide bonds. The summed E-state index contributed by atoms with van der Waals surface area (Å²) >= 11 is 8.06. The van der Waals surface area contributed by atoms with Gasteiger partial charge >= 0.3 is 0 Å². The van der Waals surface area contributed by atoms with Gasteiger partial charge in [-0.2, -0.15) is 8.42 Å². The van der Waals surface area contributed by atoms with E-state index in [-0.39, 0.29) is 11.6 Å². The van der Waals surface area contributed by atoms with Gasteiger partial charge < -0.3 is 10.2 Å². The summed E-state index contributed by atoms with van der Waals surface area (Å²) in [5.74, 6) is 0.397. The van der Waals surface area contributed by atoms with Crippen molar-refractivity contribution in [2.45, 2.75) is 11.6 Å². The number of benzene rings is 1. The molecule has 0 saturated carbocycles. The van der Waals surface area contributed by atoms with Crippen molar-refractivity contribution in [3.63, 3.8) is 0 Å². The van der Waals surface area contributed by atoms with Crippen LogP contribution in [0.25, 0.3) is 0 Å². The van der Waals surface area contributed by atoms with Crippen LogP contribution in [-0.2, 0) is 16.6 Å². The van der Waals surface area contributed by atoms with Gasteiger partial charge in [0.25, 0.3) is 10.0 Å². The molecule has 1 aromatic heterocycles. The topological polar surface area (TPSA) is 85.3 Å². The Balaban J connectivity index is 2.30. The minimum atomic E-state index is -3.80. The van der Waals surface area contributed by atoms with E-state index in [0.29, 0.717) is 16.5 Å². The highest BCUT2D eigenvalue weighted by Gasteiger charge is 2.19. The maximum absolute atomic E-state index is 12.1. The Morgan fingerprint density at radius 2 is 2.05 bits per heavy atom. The second kappa shape index (κ2) is 5.70. The molecule has 3 N–H and O–H groups in total. The highest BCUT2D eigenvalue weighted by atomic mass is 127.